The first-order chi connectivity index (χ1) is 11.7. The largest absolute Gasteiger partial charge is 0.467 e. The maximum atomic E-state index is 12.4. The van der Waals surface area contributed by atoms with Crippen molar-refractivity contribution in [3.8, 4) is 0 Å². The summed E-state index contributed by atoms with van der Waals surface area (Å²) in [5.74, 6) is 1.34. The molecule has 1 fully saturated rings. The fraction of sp³-hybridized carbons (Fsp3) is 0.625. The van der Waals surface area contributed by atoms with Crippen molar-refractivity contribution in [1.29, 1.82) is 0 Å². The summed E-state index contributed by atoms with van der Waals surface area (Å²) in [6.07, 6.45) is 1.59. The average molecular weight is 356 g/mol. The normalized spacial score (nSPS) is 14.6. The van der Waals surface area contributed by atoms with Crippen molar-refractivity contribution >= 4 is 23.6 Å². The number of carbonyl (C=O) groups excluding carboxylic acids is 2. The Morgan fingerprint density at radius 1 is 1.33 bits per heavy atom. The third-order valence-corrected chi connectivity index (χ3v) is 4.56. The second-order valence-electron chi connectivity index (χ2n) is 5.37. The predicted molar refractivity (Wildman–Crippen MR) is 90.7 cm³/mol. The van der Waals surface area contributed by atoms with Gasteiger partial charge in [0.2, 0.25) is 11.8 Å². The maximum Gasteiger partial charge on any atom is 0.233 e. The number of hydrogen-bond donors (Lipinski definition) is 0. The molecule has 1 aromatic rings. The van der Waals surface area contributed by atoms with Crippen molar-refractivity contribution in [3.05, 3.63) is 24.2 Å². The van der Waals surface area contributed by atoms with Gasteiger partial charge in [-0.15, -0.1) is 11.8 Å². The predicted octanol–water partition coefficient (Wildman–Crippen LogP) is 0.847. The zero-order valence-electron chi connectivity index (χ0n) is 13.9. The lowest BCUT2D eigenvalue weighted by molar-refractivity contribution is -0.132. The summed E-state index contributed by atoms with van der Waals surface area (Å²) in [6.45, 7) is 3.80. The number of amides is 2. The van der Waals surface area contributed by atoms with Crippen molar-refractivity contribution in [3.63, 3.8) is 0 Å². The first-order valence-corrected chi connectivity index (χ1v) is 9.08. The van der Waals surface area contributed by atoms with Crippen LogP contribution in [0, 0.1) is 0 Å². The minimum absolute atomic E-state index is 0.0248. The summed E-state index contributed by atoms with van der Waals surface area (Å²) in [5, 5.41) is 0. The lowest BCUT2D eigenvalue weighted by Gasteiger charge is -2.27. The molecule has 134 valence electrons. The van der Waals surface area contributed by atoms with Crippen LogP contribution >= 0.6 is 11.8 Å². The molecule has 2 rings (SSSR count). The molecule has 8 heteroatoms. The smallest absolute Gasteiger partial charge is 0.233 e. The highest BCUT2D eigenvalue weighted by atomic mass is 32.2. The van der Waals surface area contributed by atoms with E-state index in [0.29, 0.717) is 51.8 Å². The van der Waals surface area contributed by atoms with Crippen molar-refractivity contribution in [2.24, 2.45) is 0 Å². The van der Waals surface area contributed by atoms with Gasteiger partial charge in [-0.05, 0) is 12.1 Å². The number of ether oxygens (including phenoxy) is 2. The third-order valence-electron chi connectivity index (χ3n) is 3.66. The van der Waals surface area contributed by atoms with Gasteiger partial charge in [0.1, 0.15) is 5.76 Å². The van der Waals surface area contributed by atoms with Gasteiger partial charge in [0, 0.05) is 26.7 Å². The van der Waals surface area contributed by atoms with Crippen LogP contribution in [0.25, 0.3) is 0 Å². The molecular formula is C16H24N2O5S. The number of rotatable bonds is 9. The van der Waals surface area contributed by atoms with E-state index in [0.717, 1.165) is 5.76 Å². The van der Waals surface area contributed by atoms with Crippen molar-refractivity contribution in [2.45, 2.75) is 6.54 Å². The molecule has 0 radical (unpaired) electrons. The number of furan rings is 1. The second-order valence-corrected chi connectivity index (χ2v) is 6.36. The molecule has 0 N–H and O–H groups in total. The molecular weight excluding hydrogens is 332 g/mol. The monoisotopic (exact) mass is 356 g/mol. The van der Waals surface area contributed by atoms with Crippen LogP contribution in [0.2, 0.25) is 0 Å². The Morgan fingerprint density at radius 3 is 2.79 bits per heavy atom. The standard InChI is InChI=1S/C16H24N2O5S/c1-21-8-4-18(11-14-3-2-7-23-14)16(20)13-24-12-15(19)17-5-9-22-10-6-17/h2-3,7H,4-6,8-13H2,1H3. The Kier molecular flexibility index (Phi) is 8.14. The van der Waals surface area contributed by atoms with Crippen LogP contribution in [0.15, 0.2) is 22.8 Å². The molecule has 24 heavy (non-hydrogen) atoms. The van der Waals surface area contributed by atoms with E-state index in [-0.39, 0.29) is 17.6 Å². The van der Waals surface area contributed by atoms with E-state index in [2.05, 4.69) is 0 Å². The van der Waals surface area contributed by atoms with Crippen LogP contribution in [0.5, 0.6) is 0 Å². The summed E-state index contributed by atoms with van der Waals surface area (Å²) >= 11 is 1.34. The number of thioether (sulfide) groups is 1. The van der Waals surface area contributed by atoms with Gasteiger partial charge in [-0.3, -0.25) is 9.59 Å². The van der Waals surface area contributed by atoms with E-state index < -0.39 is 0 Å². The van der Waals surface area contributed by atoms with Gasteiger partial charge >= 0.3 is 0 Å². The lowest BCUT2D eigenvalue weighted by Crippen LogP contribution is -2.42. The first kappa shape index (κ1) is 18.8. The Balaban J connectivity index is 1.75. The Bertz CT molecular complexity index is 503. The van der Waals surface area contributed by atoms with Gasteiger partial charge in [0.15, 0.2) is 0 Å². The van der Waals surface area contributed by atoms with Gasteiger partial charge in [0.25, 0.3) is 0 Å². The van der Waals surface area contributed by atoms with Crippen molar-refractivity contribution in [1.82, 2.24) is 9.80 Å². The van der Waals surface area contributed by atoms with Crippen molar-refractivity contribution in [2.75, 3.05) is 58.1 Å². The van der Waals surface area contributed by atoms with Gasteiger partial charge in [-0.1, -0.05) is 0 Å². The fourth-order valence-electron chi connectivity index (χ4n) is 2.31. The molecule has 2 amide bonds. The quantitative estimate of drug-likeness (QED) is 0.653. The minimum Gasteiger partial charge on any atom is -0.467 e. The lowest BCUT2D eigenvalue weighted by atomic mass is 10.4. The fourth-order valence-corrected chi connectivity index (χ4v) is 3.12. The van der Waals surface area contributed by atoms with Gasteiger partial charge in [-0.2, -0.15) is 0 Å². The molecule has 1 aliphatic rings. The highest BCUT2D eigenvalue weighted by Crippen LogP contribution is 2.10. The van der Waals surface area contributed by atoms with E-state index in [1.54, 1.807) is 29.2 Å². The number of hydrogen-bond acceptors (Lipinski definition) is 6. The molecule has 0 saturated carbocycles. The van der Waals surface area contributed by atoms with E-state index in [1.807, 2.05) is 6.07 Å². The molecule has 1 aliphatic heterocycles. The van der Waals surface area contributed by atoms with Crippen LogP contribution in [0.3, 0.4) is 0 Å². The van der Waals surface area contributed by atoms with E-state index in [4.69, 9.17) is 13.9 Å². The summed E-state index contributed by atoms with van der Waals surface area (Å²) in [5.41, 5.74) is 0. The summed E-state index contributed by atoms with van der Waals surface area (Å²) in [7, 11) is 1.60. The number of morpholine rings is 1. The second kappa shape index (κ2) is 10.4. The summed E-state index contributed by atoms with van der Waals surface area (Å²) < 4.78 is 15.6. The molecule has 0 spiro atoms. The average Bonchev–Trinajstić information content (AvgIpc) is 3.12. The van der Waals surface area contributed by atoms with Crippen LogP contribution < -0.4 is 0 Å². The third kappa shape index (κ3) is 6.18. The SMILES string of the molecule is COCCN(Cc1ccco1)C(=O)CSCC(=O)N1CCOCC1. The summed E-state index contributed by atoms with van der Waals surface area (Å²) in [4.78, 5) is 27.9. The Morgan fingerprint density at radius 2 is 2.12 bits per heavy atom. The van der Waals surface area contributed by atoms with Crippen LogP contribution in [-0.4, -0.2) is 79.7 Å². The highest BCUT2D eigenvalue weighted by Gasteiger charge is 2.19. The van der Waals surface area contributed by atoms with E-state index in [1.165, 1.54) is 11.8 Å². The van der Waals surface area contributed by atoms with Crippen LogP contribution in [0.1, 0.15) is 5.76 Å². The molecule has 0 bridgehead atoms. The van der Waals surface area contributed by atoms with E-state index >= 15 is 0 Å². The molecule has 0 unspecified atom stereocenters. The highest BCUT2D eigenvalue weighted by molar-refractivity contribution is 8.00. The van der Waals surface area contributed by atoms with Gasteiger partial charge < -0.3 is 23.7 Å². The molecule has 0 aromatic carbocycles. The maximum absolute atomic E-state index is 12.4. The first-order valence-electron chi connectivity index (χ1n) is 7.93. The van der Waals surface area contributed by atoms with Crippen LogP contribution in [0.4, 0.5) is 0 Å². The number of carbonyl (C=O) groups is 2. The molecule has 0 aliphatic carbocycles. The van der Waals surface area contributed by atoms with Crippen LogP contribution in [-0.2, 0) is 25.6 Å². The topological polar surface area (TPSA) is 72.2 Å². The van der Waals surface area contributed by atoms with Gasteiger partial charge in [-0.25, -0.2) is 0 Å². The Labute approximate surface area is 146 Å². The molecule has 2 heterocycles. The molecule has 1 aromatic heterocycles. The number of methoxy groups -OCH3 is 1. The van der Waals surface area contributed by atoms with Crippen molar-refractivity contribution < 1.29 is 23.5 Å². The van der Waals surface area contributed by atoms with E-state index in [9.17, 15) is 9.59 Å². The summed E-state index contributed by atoms with van der Waals surface area (Å²) in [6, 6.07) is 3.63. The molecule has 1 saturated heterocycles. The molecule has 0 atom stereocenters. The van der Waals surface area contributed by atoms with Gasteiger partial charge in [0.05, 0.1) is 44.1 Å². The Hall–Kier alpha value is -1.51. The number of nitrogens with zero attached hydrogens (tertiary/aromatic N) is 2. The zero-order chi connectivity index (χ0) is 17.2. The molecule has 7 nitrogen and oxygen atoms in total. The minimum atomic E-state index is -0.0248. The zero-order valence-corrected chi connectivity index (χ0v) is 14.8.